The molecule has 6 nitrogen and oxygen atoms in total. The van der Waals surface area contributed by atoms with Crippen molar-refractivity contribution in [3.63, 3.8) is 0 Å². The smallest absolute Gasteiger partial charge is 0.225 e. The van der Waals surface area contributed by atoms with Gasteiger partial charge in [-0.05, 0) is 32.4 Å². The van der Waals surface area contributed by atoms with E-state index in [4.69, 9.17) is 0 Å². The predicted molar refractivity (Wildman–Crippen MR) is 95.1 cm³/mol. The summed E-state index contributed by atoms with van der Waals surface area (Å²) in [6.45, 7) is 7.11. The second kappa shape index (κ2) is 7.81. The third-order valence-electron chi connectivity index (χ3n) is 4.38. The Balaban J connectivity index is 1.64. The molecule has 1 atom stereocenters. The summed E-state index contributed by atoms with van der Waals surface area (Å²) in [7, 11) is 0. The van der Waals surface area contributed by atoms with E-state index >= 15 is 0 Å². The second-order valence-electron chi connectivity index (χ2n) is 6.09. The quantitative estimate of drug-likeness (QED) is 0.834. The lowest BCUT2D eigenvalue weighted by Crippen LogP contribution is -2.34. The molecule has 0 radical (unpaired) electrons. The molecule has 1 fully saturated rings. The van der Waals surface area contributed by atoms with Crippen LogP contribution in [0.1, 0.15) is 44.0 Å². The Hall–Kier alpha value is -1.86. The highest BCUT2D eigenvalue weighted by molar-refractivity contribution is 7.14. The predicted octanol–water partition coefficient (Wildman–Crippen LogP) is 2.69. The third-order valence-corrected chi connectivity index (χ3v) is 5.29. The molecule has 3 heterocycles. The van der Waals surface area contributed by atoms with Crippen molar-refractivity contribution in [2.24, 2.45) is 0 Å². The van der Waals surface area contributed by atoms with Gasteiger partial charge in [0.25, 0.3) is 0 Å². The molecule has 3 rings (SSSR count). The fraction of sp³-hybridized carbons (Fsp3) is 0.529. The second-order valence-corrected chi connectivity index (χ2v) is 6.93. The number of likely N-dealkylation sites (tertiary alicyclic amines) is 1. The fourth-order valence-corrected chi connectivity index (χ4v) is 4.12. The van der Waals surface area contributed by atoms with E-state index in [1.165, 1.54) is 12.8 Å². The van der Waals surface area contributed by atoms with Crippen LogP contribution in [0.2, 0.25) is 0 Å². The van der Waals surface area contributed by atoms with Gasteiger partial charge in [-0.2, -0.15) is 0 Å². The van der Waals surface area contributed by atoms with Crippen molar-refractivity contribution in [1.82, 2.24) is 19.9 Å². The van der Waals surface area contributed by atoms with Crippen LogP contribution in [0.15, 0.2) is 24.0 Å². The lowest BCUT2D eigenvalue weighted by atomic mass is 9.94. The van der Waals surface area contributed by atoms with Crippen LogP contribution in [0.4, 0.5) is 5.13 Å². The molecule has 1 amide bonds. The highest BCUT2D eigenvalue weighted by Crippen LogP contribution is 2.27. The largest absolute Gasteiger partial charge is 0.297 e. The molecule has 0 saturated carbocycles. The highest BCUT2D eigenvalue weighted by Gasteiger charge is 2.23. The van der Waals surface area contributed by atoms with Gasteiger partial charge in [0.2, 0.25) is 5.91 Å². The van der Waals surface area contributed by atoms with E-state index in [2.05, 4.69) is 25.2 Å². The molecule has 0 N–H and O–H groups in total. The lowest BCUT2D eigenvalue weighted by Gasteiger charge is -2.31. The van der Waals surface area contributed by atoms with Gasteiger partial charge in [-0.15, -0.1) is 11.3 Å². The van der Waals surface area contributed by atoms with E-state index in [-0.39, 0.29) is 5.91 Å². The number of hydrogen-bond acceptors (Lipinski definition) is 6. The summed E-state index contributed by atoms with van der Waals surface area (Å²) < 4.78 is 0. The molecule has 1 aliphatic rings. The highest BCUT2D eigenvalue weighted by atomic mass is 32.1. The Morgan fingerprint density at radius 2 is 2.38 bits per heavy atom. The Kier molecular flexibility index (Phi) is 5.52. The molecule has 128 valence electrons. The van der Waals surface area contributed by atoms with E-state index < -0.39 is 0 Å². The number of hydrogen-bond donors (Lipinski definition) is 0. The van der Waals surface area contributed by atoms with Gasteiger partial charge in [-0.25, -0.2) is 15.0 Å². The zero-order valence-corrected chi connectivity index (χ0v) is 15.0. The molecule has 7 heteroatoms. The van der Waals surface area contributed by atoms with Crippen LogP contribution in [0.25, 0.3) is 0 Å². The molecule has 0 bridgehead atoms. The summed E-state index contributed by atoms with van der Waals surface area (Å²) in [6, 6.07) is 2.01. The molecule has 2 aromatic heterocycles. The Bertz CT molecular complexity index is 675. The van der Waals surface area contributed by atoms with Crippen LogP contribution in [-0.4, -0.2) is 45.4 Å². The van der Waals surface area contributed by atoms with Crippen LogP contribution < -0.4 is 4.90 Å². The van der Waals surface area contributed by atoms with E-state index in [9.17, 15) is 4.79 Å². The van der Waals surface area contributed by atoms with E-state index in [1.54, 1.807) is 29.5 Å². The van der Waals surface area contributed by atoms with Crippen molar-refractivity contribution in [2.75, 3.05) is 24.5 Å². The molecule has 2 aromatic rings. The van der Waals surface area contributed by atoms with Crippen LogP contribution in [0.3, 0.4) is 0 Å². The summed E-state index contributed by atoms with van der Waals surface area (Å²) in [4.78, 5) is 28.9. The normalized spacial score (nSPS) is 18.5. The summed E-state index contributed by atoms with van der Waals surface area (Å²) in [5.41, 5.74) is 2.17. The van der Waals surface area contributed by atoms with Crippen molar-refractivity contribution in [3.05, 3.63) is 35.4 Å². The van der Waals surface area contributed by atoms with Crippen LogP contribution >= 0.6 is 11.3 Å². The minimum atomic E-state index is 0.0418. The summed E-state index contributed by atoms with van der Waals surface area (Å²) in [6.07, 6.45) is 5.78. The summed E-state index contributed by atoms with van der Waals surface area (Å²) in [5, 5.41) is 2.86. The minimum Gasteiger partial charge on any atom is -0.297 e. The molecule has 24 heavy (non-hydrogen) atoms. The first-order chi connectivity index (χ1) is 11.7. The van der Waals surface area contributed by atoms with Crippen LogP contribution in [0.5, 0.6) is 0 Å². The zero-order chi connectivity index (χ0) is 16.9. The summed E-state index contributed by atoms with van der Waals surface area (Å²) >= 11 is 1.54. The first-order valence-electron chi connectivity index (χ1n) is 8.38. The Morgan fingerprint density at radius 1 is 1.50 bits per heavy atom. The number of carbonyl (C=O) groups is 1. The minimum absolute atomic E-state index is 0.0418. The van der Waals surface area contributed by atoms with Crippen molar-refractivity contribution in [3.8, 4) is 0 Å². The summed E-state index contributed by atoms with van der Waals surface area (Å²) in [5.74, 6) is 0.504. The van der Waals surface area contributed by atoms with Crippen molar-refractivity contribution >= 4 is 22.4 Å². The number of piperidine rings is 1. The number of thiazole rings is 1. The molecule has 0 aliphatic carbocycles. The van der Waals surface area contributed by atoms with Crippen LogP contribution in [0, 0.1) is 0 Å². The number of amides is 1. The van der Waals surface area contributed by atoms with Crippen molar-refractivity contribution in [2.45, 2.75) is 39.2 Å². The number of nitrogens with zero attached hydrogens (tertiary/aromatic N) is 5. The van der Waals surface area contributed by atoms with Crippen molar-refractivity contribution < 1.29 is 4.79 Å². The number of aromatic nitrogens is 3. The third kappa shape index (κ3) is 3.96. The maximum atomic E-state index is 11.6. The van der Waals surface area contributed by atoms with Crippen molar-refractivity contribution in [1.29, 1.82) is 0 Å². The van der Waals surface area contributed by atoms with Gasteiger partial charge < -0.3 is 0 Å². The Labute approximate surface area is 146 Å². The van der Waals surface area contributed by atoms with Gasteiger partial charge in [0.1, 0.15) is 6.33 Å². The fourth-order valence-electron chi connectivity index (χ4n) is 3.20. The molecule has 1 saturated heterocycles. The Morgan fingerprint density at radius 3 is 3.08 bits per heavy atom. The number of rotatable bonds is 5. The SMILES string of the molecule is CCN(C(C)=O)c1nc(CN2CCCC(c3ccncn3)C2)cs1. The monoisotopic (exact) mass is 345 g/mol. The average molecular weight is 345 g/mol. The standard InChI is InChI=1S/C17H23N5OS/c1-3-22(13(2)23)17-20-15(11-24-17)10-21-8-4-5-14(9-21)16-6-7-18-12-19-16/h6-7,11-12,14H,3-5,8-10H2,1-2H3. The molecule has 1 aliphatic heterocycles. The maximum absolute atomic E-state index is 11.6. The average Bonchev–Trinajstić information content (AvgIpc) is 3.04. The number of anilines is 1. The van der Waals surface area contributed by atoms with E-state index in [0.717, 1.165) is 36.2 Å². The van der Waals surface area contributed by atoms with E-state index in [1.807, 2.05) is 19.2 Å². The van der Waals surface area contributed by atoms with E-state index in [0.29, 0.717) is 12.5 Å². The van der Waals surface area contributed by atoms with Gasteiger partial charge in [0, 0.05) is 49.7 Å². The topological polar surface area (TPSA) is 62.2 Å². The molecule has 1 unspecified atom stereocenters. The van der Waals surface area contributed by atoms with Gasteiger partial charge in [0.05, 0.1) is 5.69 Å². The van der Waals surface area contributed by atoms with Gasteiger partial charge in [0.15, 0.2) is 5.13 Å². The first-order valence-corrected chi connectivity index (χ1v) is 9.26. The molecule has 0 spiro atoms. The molecular weight excluding hydrogens is 322 g/mol. The van der Waals surface area contributed by atoms with Gasteiger partial charge >= 0.3 is 0 Å². The molecule has 0 aromatic carbocycles. The van der Waals surface area contributed by atoms with Gasteiger partial charge in [-0.1, -0.05) is 0 Å². The zero-order valence-electron chi connectivity index (χ0n) is 14.2. The first kappa shape index (κ1) is 17.0. The molecular formula is C17H23N5OS. The van der Waals surface area contributed by atoms with Gasteiger partial charge in [-0.3, -0.25) is 14.6 Å². The lowest BCUT2D eigenvalue weighted by molar-refractivity contribution is -0.116. The maximum Gasteiger partial charge on any atom is 0.225 e. The van der Waals surface area contributed by atoms with Crippen LogP contribution in [-0.2, 0) is 11.3 Å². The number of carbonyl (C=O) groups excluding carboxylic acids is 1.